The van der Waals surface area contributed by atoms with Crippen molar-refractivity contribution in [1.82, 2.24) is 0 Å². The van der Waals surface area contributed by atoms with Crippen molar-refractivity contribution >= 4 is 5.97 Å². The van der Waals surface area contributed by atoms with Crippen LogP contribution >= 0.6 is 0 Å². The number of hydrogen-bond donors (Lipinski definition) is 0. The summed E-state index contributed by atoms with van der Waals surface area (Å²) in [5.41, 5.74) is 1.09. The van der Waals surface area contributed by atoms with Crippen LogP contribution in [-0.2, 0) is 30.3 Å². The molecule has 132 valence electrons. The van der Waals surface area contributed by atoms with E-state index in [4.69, 9.17) is 18.9 Å². The van der Waals surface area contributed by atoms with Gasteiger partial charge >= 0.3 is 5.97 Å². The third kappa shape index (κ3) is 3.21. The first-order chi connectivity index (χ1) is 11.5. The summed E-state index contributed by atoms with van der Waals surface area (Å²) in [6.45, 7) is 6.39. The van der Waals surface area contributed by atoms with Gasteiger partial charge in [-0.2, -0.15) is 0 Å². The van der Waals surface area contributed by atoms with Crippen LogP contribution in [0.5, 0.6) is 0 Å². The van der Waals surface area contributed by atoms with Crippen molar-refractivity contribution in [3.8, 4) is 0 Å². The fourth-order valence-corrected chi connectivity index (χ4v) is 3.58. The molecule has 3 rings (SSSR count). The molecule has 0 aromatic heterocycles. The first-order valence-electron chi connectivity index (χ1n) is 8.57. The third-order valence-corrected chi connectivity index (χ3v) is 5.33. The van der Waals surface area contributed by atoms with Gasteiger partial charge in [0.15, 0.2) is 12.4 Å². The SMILES string of the molecule is CO[C@H]1O[C@@H]2[C@@H](C)[C@H](C)C(=O)O[C@H]2[C@@H](OCc2ccccc2)[C@@H]1C. The van der Waals surface area contributed by atoms with Crippen molar-refractivity contribution in [2.75, 3.05) is 7.11 Å². The molecule has 2 aliphatic rings. The minimum atomic E-state index is -0.395. The van der Waals surface area contributed by atoms with Crippen LogP contribution in [0.15, 0.2) is 30.3 Å². The van der Waals surface area contributed by atoms with Crippen molar-refractivity contribution < 1.29 is 23.7 Å². The molecule has 24 heavy (non-hydrogen) atoms. The van der Waals surface area contributed by atoms with Crippen LogP contribution < -0.4 is 0 Å². The van der Waals surface area contributed by atoms with Gasteiger partial charge in [0.25, 0.3) is 0 Å². The molecule has 0 radical (unpaired) electrons. The van der Waals surface area contributed by atoms with Crippen molar-refractivity contribution in [3.63, 3.8) is 0 Å². The van der Waals surface area contributed by atoms with Gasteiger partial charge < -0.3 is 18.9 Å². The maximum atomic E-state index is 12.2. The molecule has 2 saturated heterocycles. The normalized spacial score (nSPS) is 39.2. The number of ether oxygens (including phenoxy) is 4. The van der Waals surface area contributed by atoms with Gasteiger partial charge in [0.1, 0.15) is 12.2 Å². The zero-order chi connectivity index (χ0) is 17.3. The Morgan fingerprint density at radius 1 is 1.04 bits per heavy atom. The minimum Gasteiger partial charge on any atom is -0.457 e. The Balaban J connectivity index is 1.79. The summed E-state index contributed by atoms with van der Waals surface area (Å²) in [6.07, 6.45) is -1.22. The highest BCUT2D eigenvalue weighted by Crippen LogP contribution is 2.39. The molecular formula is C19H26O5. The Hall–Kier alpha value is -1.43. The lowest BCUT2D eigenvalue weighted by Gasteiger charge is -2.49. The van der Waals surface area contributed by atoms with Crippen LogP contribution in [0, 0.1) is 17.8 Å². The molecule has 1 aromatic rings. The molecule has 0 N–H and O–H groups in total. The average molecular weight is 334 g/mol. The van der Waals surface area contributed by atoms with Gasteiger partial charge in [-0.05, 0) is 11.5 Å². The van der Waals surface area contributed by atoms with Crippen molar-refractivity contribution in [1.29, 1.82) is 0 Å². The fourth-order valence-electron chi connectivity index (χ4n) is 3.58. The standard InChI is InChI=1S/C19H26O5/c1-11-12(2)18(20)23-17-15(13(3)19(21-4)24-16(11)17)22-10-14-8-6-5-7-9-14/h5-9,11-13,15-17,19H,10H2,1-4H3/t11-,12-,13-,15-,16+,17-,19-/m0/s1. The summed E-state index contributed by atoms with van der Waals surface area (Å²) in [4.78, 5) is 12.2. The molecule has 1 aromatic carbocycles. The highest BCUT2D eigenvalue weighted by Gasteiger charge is 2.53. The van der Waals surface area contributed by atoms with Gasteiger partial charge in [0.05, 0.1) is 12.5 Å². The summed E-state index contributed by atoms with van der Waals surface area (Å²) >= 11 is 0. The first-order valence-corrected chi connectivity index (χ1v) is 8.57. The van der Waals surface area contributed by atoms with E-state index in [0.29, 0.717) is 6.61 Å². The van der Waals surface area contributed by atoms with Crippen LogP contribution in [0.2, 0.25) is 0 Å². The molecule has 0 bridgehead atoms. The molecule has 0 saturated carbocycles. The van der Waals surface area contributed by atoms with Gasteiger partial charge in [-0.25, -0.2) is 0 Å². The third-order valence-electron chi connectivity index (χ3n) is 5.33. The average Bonchev–Trinajstić information content (AvgIpc) is 2.60. The fraction of sp³-hybridized carbons (Fsp3) is 0.632. The molecule has 0 amide bonds. The van der Waals surface area contributed by atoms with E-state index < -0.39 is 6.10 Å². The maximum absolute atomic E-state index is 12.2. The second-order valence-corrected chi connectivity index (χ2v) is 6.87. The maximum Gasteiger partial charge on any atom is 0.309 e. The van der Waals surface area contributed by atoms with E-state index in [-0.39, 0.29) is 42.2 Å². The molecule has 5 nitrogen and oxygen atoms in total. The van der Waals surface area contributed by atoms with E-state index in [9.17, 15) is 4.79 Å². The Kier molecular flexibility index (Phi) is 5.23. The Labute approximate surface area is 143 Å². The smallest absolute Gasteiger partial charge is 0.309 e. The highest BCUT2D eigenvalue weighted by atomic mass is 16.7. The molecule has 7 atom stereocenters. The number of rotatable bonds is 4. The number of methoxy groups -OCH3 is 1. The highest BCUT2D eigenvalue weighted by molar-refractivity contribution is 5.73. The van der Waals surface area contributed by atoms with Gasteiger partial charge in [-0.15, -0.1) is 0 Å². The molecule has 2 heterocycles. The lowest BCUT2D eigenvalue weighted by molar-refractivity contribution is -0.304. The minimum absolute atomic E-state index is 0.0339. The van der Waals surface area contributed by atoms with E-state index in [1.165, 1.54) is 0 Å². The topological polar surface area (TPSA) is 54.0 Å². The van der Waals surface area contributed by atoms with Crippen LogP contribution in [0.4, 0.5) is 0 Å². The first kappa shape index (κ1) is 17.4. The molecular weight excluding hydrogens is 308 g/mol. The van der Waals surface area contributed by atoms with Crippen LogP contribution in [-0.4, -0.2) is 37.7 Å². The van der Waals surface area contributed by atoms with E-state index in [0.717, 1.165) is 5.56 Å². The molecule has 5 heteroatoms. The van der Waals surface area contributed by atoms with E-state index in [2.05, 4.69) is 0 Å². The number of benzene rings is 1. The summed E-state index contributed by atoms with van der Waals surface area (Å²) < 4.78 is 23.5. The predicted molar refractivity (Wildman–Crippen MR) is 88.1 cm³/mol. The summed E-state index contributed by atoms with van der Waals surface area (Å²) in [5.74, 6) is -0.340. The second kappa shape index (κ2) is 7.21. The Bertz CT molecular complexity index is 560. The second-order valence-electron chi connectivity index (χ2n) is 6.87. The zero-order valence-electron chi connectivity index (χ0n) is 14.7. The molecule has 0 unspecified atom stereocenters. The number of hydrogen-bond acceptors (Lipinski definition) is 5. The van der Waals surface area contributed by atoms with Crippen molar-refractivity contribution in [2.24, 2.45) is 17.8 Å². The lowest BCUT2D eigenvalue weighted by atomic mass is 9.79. The van der Waals surface area contributed by atoms with Crippen LogP contribution in [0.1, 0.15) is 26.3 Å². The monoisotopic (exact) mass is 334 g/mol. The number of carbonyl (C=O) groups excluding carboxylic acids is 1. The summed E-state index contributed by atoms with van der Waals surface area (Å²) in [6, 6.07) is 9.98. The Morgan fingerprint density at radius 2 is 1.75 bits per heavy atom. The van der Waals surface area contributed by atoms with Gasteiger partial charge in [-0.1, -0.05) is 51.1 Å². The van der Waals surface area contributed by atoms with Gasteiger partial charge in [0.2, 0.25) is 0 Å². The Morgan fingerprint density at radius 3 is 2.42 bits per heavy atom. The largest absolute Gasteiger partial charge is 0.457 e. The molecule has 2 fully saturated rings. The number of carbonyl (C=O) groups is 1. The van der Waals surface area contributed by atoms with E-state index in [1.807, 2.05) is 51.1 Å². The lowest BCUT2D eigenvalue weighted by Crippen LogP contribution is -2.62. The van der Waals surface area contributed by atoms with Crippen LogP contribution in [0.3, 0.4) is 0 Å². The quantitative estimate of drug-likeness (QED) is 0.793. The summed E-state index contributed by atoms with van der Waals surface area (Å²) in [5, 5.41) is 0. The molecule has 0 spiro atoms. The predicted octanol–water partition coefficient (Wildman–Crippen LogP) is 2.78. The van der Waals surface area contributed by atoms with Gasteiger partial charge in [0, 0.05) is 13.0 Å². The van der Waals surface area contributed by atoms with E-state index in [1.54, 1.807) is 7.11 Å². The molecule has 0 aliphatic carbocycles. The van der Waals surface area contributed by atoms with Crippen molar-refractivity contribution in [3.05, 3.63) is 35.9 Å². The number of esters is 1. The van der Waals surface area contributed by atoms with Gasteiger partial charge in [-0.3, -0.25) is 4.79 Å². The van der Waals surface area contributed by atoms with E-state index >= 15 is 0 Å². The van der Waals surface area contributed by atoms with Crippen molar-refractivity contribution in [2.45, 2.75) is 52.0 Å². The van der Waals surface area contributed by atoms with Crippen LogP contribution in [0.25, 0.3) is 0 Å². The number of fused-ring (bicyclic) bond motifs is 1. The molecule has 2 aliphatic heterocycles. The summed E-state index contributed by atoms with van der Waals surface area (Å²) in [7, 11) is 1.64. The zero-order valence-corrected chi connectivity index (χ0v) is 14.7.